The van der Waals surface area contributed by atoms with E-state index in [0.29, 0.717) is 29.9 Å². The van der Waals surface area contributed by atoms with Gasteiger partial charge in [-0.15, -0.1) is 0 Å². The molecule has 0 spiro atoms. The Hall–Kier alpha value is -0.600. The number of aromatic nitrogens is 2. The predicted molar refractivity (Wildman–Crippen MR) is 93.3 cm³/mol. The van der Waals surface area contributed by atoms with Crippen molar-refractivity contribution in [2.24, 2.45) is 0 Å². The third kappa shape index (κ3) is 2.98. The van der Waals surface area contributed by atoms with Crippen molar-refractivity contribution >= 4 is 50.1 Å². The van der Waals surface area contributed by atoms with Gasteiger partial charge in [0.25, 0.3) is 0 Å². The highest BCUT2D eigenvalue weighted by molar-refractivity contribution is 14.1. The Morgan fingerprint density at radius 1 is 1.29 bits per heavy atom. The maximum absolute atomic E-state index is 6.20. The van der Waals surface area contributed by atoms with Crippen LogP contribution in [0.1, 0.15) is 12.6 Å². The molecular formula is C14H11BrClIN2O2. The highest BCUT2D eigenvalue weighted by Crippen LogP contribution is 2.41. The van der Waals surface area contributed by atoms with Gasteiger partial charge in [-0.25, -0.2) is 9.97 Å². The molecule has 1 aliphatic rings. The van der Waals surface area contributed by atoms with E-state index < -0.39 is 0 Å². The van der Waals surface area contributed by atoms with Gasteiger partial charge < -0.3 is 9.47 Å². The smallest absolute Gasteiger partial charge is 0.175 e. The van der Waals surface area contributed by atoms with E-state index in [1.165, 1.54) is 0 Å². The van der Waals surface area contributed by atoms with Crippen LogP contribution in [0.15, 0.2) is 16.6 Å². The summed E-state index contributed by atoms with van der Waals surface area (Å²) < 4.78 is 12.9. The van der Waals surface area contributed by atoms with Crippen molar-refractivity contribution in [3.63, 3.8) is 0 Å². The number of nitrogens with zero attached hydrogens (tertiary/aromatic N) is 2. The Bertz CT molecular complexity index is 712. The number of fused-ring (bicyclic) bond motifs is 1. The van der Waals surface area contributed by atoms with E-state index in [1.807, 2.05) is 19.1 Å². The molecule has 0 bridgehead atoms. The van der Waals surface area contributed by atoms with Crippen molar-refractivity contribution < 1.29 is 9.47 Å². The second-order valence-electron chi connectivity index (χ2n) is 4.43. The van der Waals surface area contributed by atoms with Crippen LogP contribution in [0.4, 0.5) is 0 Å². The van der Waals surface area contributed by atoms with Crippen molar-refractivity contribution in [3.8, 4) is 22.9 Å². The molecule has 21 heavy (non-hydrogen) atoms. The summed E-state index contributed by atoms with van der Waals surface area (Å²) in [6.45, 7) is 3.14. The summed E-state index contributed by atoms with van der Waals surface area (Å²) >= 11 is 11.9. The minimum absolute atomic E-state index is 0.475. The molecule has 0 atom stereocenters. The van der Waals surface area contributed by atoms with Gasteiger partial charge in [0.2, 0.25) is 0 Å². The fourth-order valence-corrected chi connectivity index (χ4v) is 3.43. The number of rotatable bonds is 2. The molecule has 2 heterocycles. The SMILES string of the molecule is CCc1nc(-c2cc(Br)c3c(c2)OCCO3)nc(Cl)c1I. The molecule has 1 aromatic carbocycles. The lowest BCUT2D eigenvalue weighted by Gasteiger charge is -2.20. The average Bonchev–Trinajstić information content (AvgIpc) is 2.50. The molecule has 0 radical (unpaired) electrons. The first kappa shape index (κ1) is 15.3. The fourth-order valence-electron chi connectivity index (χ4n) is 2.07. The van der Waals surface area contributed by atoms with E-state index in [4.69, 9.17) is 21.1 Å². The molecule has 0 N–H and O–H groups in total. The normalized spacial score (nSPS) is 13.3. The van der Waals surface area contributed by atoms with Gasteiger partial charge in [0, 0.05) is 5.56 Å². The largest absolute Gasteiger partial charge is 0.486 e. The lowest BCUT2D eigenvalue weighted by Crippen LogP contribution is -2.15. The average molecular weight is 482 g/mol. The van der Waals surface area contributed by atoms with Gasteiger partial charge in [-0.05, 0) is 57.1 Å². The summed E-state index contributed by atoms with van der Waals surface area (Å²) in [6, 6.07) is 3.81. The van der Waals surface area contributed by atoms with Crippen molar-refractivity contribution in [2.45, 2.75) is 13.3 Å². The maximum Gasteiger partial charge on any atom is 0.175 e. The van der Waals surface area contributed by atoms with Crippen LogP contribution in [0.2, 0.25) is 5.15 Å². The van der Waals surface area contributed by atoms with Gasteiger partial charge in [-0.2, -0.15) is 0 Å². The van der Waals surface area contributed by atoms with Gasteiger partial charge in [0.15, 0.2) is 17.3 Å². The molecular weight excluding hydrogens is 470 g/mol. The molecule has 0 amide bonds. The van der Waals surface area contributed by atoms with E-state index in [1.54, 1.807) is 0 Å². The highest BCUT2D eigenvalue weighted by atomic mass is 127. The van der Waals surface area contributed by atoms with Crippen LogP contribution in [0, 0.1) is 3.57 Å². The first-order valence-electron chi connectivity index (χ1n) is 6.41. The van der Waals surface area contributed by atoms with Gasteiger partial charge in [-0.3, -0.25) is 0 Å². The van der Waals surface area contributed by atoms with Crippen LogP contribution in [-0.2, 0) is 6.42 Å². The summed E-state index contributed by atoms with van der Waals surface area (Å²) in [5.41, 5.74) is 1.79. The Morgan fingerprint density at radius 3 is 2.81 bits per heavy atom. The first-order valence-corrected chi connectivity index (χ1v) is 8.66. The van der Waals surface area contributed by atoms with Crippen LogP contribution in [0.5, 0.6) is 11.5 Å². The molecule has 0 aliphatic carbocycles. The summed E-state index contributed by atoms with van der Waals surface area (Å²) in [5.74, 6) is 2.01. The van der Waals surface area contributed by atoms with E-state index in [2.05, 4.69) is 48.5 Å². The molecule has 7 heteroatoms. The minimum atomic E-state index is 0.475. The molecule has 2 aromatic rings. The second-order valence-corrected chi connectivity index (χ2v) is 6.73. The Morgan fingerprint density at radius 2 is 2.05 bits per heavy atom. The van der Waals surface area contributed by atoms with Gasteiger partial charge in [0.05, 0.1) is 13.7 Å². The molecule has 110 valence electrons. The number of hydrogen-bond donors (Lipinski definition) is 0. The van der Waals surface area contributed by atoms with Crippen molar-refractivity contribution in [1.82, 2.24) is 9.97 Å². The lowest BCUT2D eigenvalue weighted by atomic mass is 10.1. The van der Waals surface area contributed by atoms with Crippen molar-refractivity contribution in [2.75, 3.05) is 13.2 Å². The second kappa shape index (κ2) is 6.26. The monoisotopic (exact) mass is 480 g/mol. The topological polar surface area (TPSA) is 44.2 Å². The molecule has 1 aliphatic heterocycles. The number of ether oxygens (including phenoxy) is 2. The van der Waals surface area contributed by atoms with Crippen molar-refractivity contribution in [1.29, 1.82) is 0 Å². The minimum Gasteiger partial charge on any atom is -0.486 e. The third-order valence-corrected chi connectivity index (χ3v) is 5.38. The zero-order valence-electron chi connectivity index (χ0n) is 11.1. The quantitative estimate of drug-likeness (QED) is 0.468. The molecule has 0 saturated heterocycles. The molecule has 0 unspecified atom stereocenters. The number of hydrogen-bond acceptors (Lipinski definition) is 4. The van der Waals surface area contributed by atoms with Crippen LogP contribution < -0.4 is 9.47 Å². The lowest BCUT2D eigenvalue weighted by molar-refractivity contribution is 0.170. The summed E-state index contributed by atoms with van der Waals surface area (Å²) in [7, 11) is 0. The Kier molecular flexibility index (Phi) is 4.56. The van der Waals surface area contributed by atoms with E-state index in [-0.39, 0.29) is 0 Å². The predicted octanol–water partition coefficient (Wildman–Crippen LogP) is 4.50. The zero-order valence-corrected chi connectivity index (χ0v) is 15.6. The van der Waals surface area contributed by atoms with Gasteiger partial charge in [-0.1, -0.05) is 18.5 Å². The van der Waals surface area contributed by atoms with Gasteiger partial charge in [0.1, 0.15) is 18.4 Å². The maximum atomic E-state index is 6.20. The van der Waals surface area contributed by atoms with E-state index >= 15 is 0 Å². The molecule has 1 aromatic heterocycles. The van der Waals surface area contributed by atoms with E-state index in [0.717, 1.165) is 31.5 Å². The summed E-state index contributed by atoms with van der Waals surface area (Å²) in [4.78, 5) is 8.96. The van der Waals surface area contributed by atoms with Crippen LogP contribution in [0.25, 0.3) is 11.4 Å². The first-order chi connectivity index (χ1) is 10.1. The molecule has 0 saturated carbocycles. The number of halogens is 3. The zero-order chi connectivity index (χ0) is 15.0. The van der Waals surface area contributed by atoms with Crippen LogP contribution >= 0.6 is 50.1 Å². The summed E-state index contributed by atoms with van der Waals surface area (Å²) in [6.07, 6.45) is 0.805. The number of aryl methyl sites for hydroxylation is 1. The van der Waals surface area contributed by atoms with Crippen LogP contribution in [-0.4, -0.2) is 23.2 Å². The Balaban J connectivity index is 2.13. The van der Waals surface area contributed by atoms with Crippen LogP contribution in [0.3, 0.4) is 0 Å². The summed E-state index contributed by atoms with van der Waals surface area (Å²) in [5, 5.41) is 0.475. The standard InChI is InChI=1S/C14H11BrClIN2O2/c1-2-9-11(17)13(16)19-14(18-9)7-5-8(15)12-10(6-7)20-3-4-21-12/h5-6H,2-4H2,1H3. The number of benzene rings is 1. The molecule has 4 nitrogen and oxygen atoms in total. The Labute approximate surface area is 149 Å². The van der Waals surface area contributed by atoms with E-state index in [9.17, 15) is 0 Å². The fraction of sp³-hybridized carbons (Fsp3) is 0.286. The molecule has 0 fully saturated rings. The highest BCUT2D eigenvalue weighted by Gasteiger charge is 2.19. The van der Waals surface area contributed by atoms with Crippen molar-refractivity contribution in [3.05, 3.63) is 31.0 Å². The van der Waals surface area contributed by atoms with Gasteiger partial charge >= 0.3 is 0 Å². The third-order valence-electron chi connectivity index (χ3n) is 3.07. The molecule has 3 rings (SSSR count).